The lowest BCUT2D eigenvalue weighted by atomic mass is 9.81. The van der Waals surface area contributed by atoms with Gasteiger partial charge in [-0.15, -0.1) is 0 Å². The normalized spacial score (nSPS) is 16.1. The molecule has 5 heteroatoms. The van der Waals surface area contributed by atoms with Crippen molar-refractivity contribution in [3.8, 4) is 0 Å². The number of hydrogen-bond acceptors (Lipinski definition) is 4. The van der Waals surface area contributed by atoms with Crippen molar-refractivity contribution >= 4 is 16.8 Å². The number of benzene rings is 1. The largest absolute Gasteiger partial charge is 0.392 e. The van der Waals surface area contributed by atoms with Crippen LogP contribution >= 0.6 is 0 Å². The van der Waals surface area contributed by atoms with E-state index in [0.29, 0.717) is 11.8 Å². The summed E-state index contributed by atoms with van der Waals surface area (Å²) in [5.41, 5.74) is 9.58. The zero-order valence-electron chi connectivity index (χ0n) is 19.9. The number of pyridine rings is 1. The Labute approximate surface area is 191 Å². The maximum atomic E-state index is 10.2. The first-order valence-corrected chi connectivity index (χ1v) is 12.0. The van der Waals surface area contributed by atoms with E-state index in [1.807, 2.05) is 16.8 Å². The molecule has 0 atom stereocenters. The van der Waals surface area contributed by atoms with Crippen LogP contribution < -0.4 is 5.32 Å². The van der Waals surface area contributed by atoms with Crippen LogP contribution in [-0.4, -0.2) is 32.8 Å². The Morgan fingerprint density at radius 2 is 1.97 bits per heavy atom. The van der Waals surface area contributed by atoms with E-state index < -0.39 is 0 Å². The number of hydrogen-bond donors (Lipinski definition) is 2. The number of nitrogens with zero attached hydrogens (tertiary/aromatic N) is 3. The summed E-state index contributed by atoms with van der Waals surface area (Å²) in [5, 5.41) is 18.1. The predicted octanol–water partition coefficient (Wildman–Crippen LogP) is 5.36. The Morgan fingerprint density at radius 1 is 1.19 bits per heavy atom. The second-order valence-corrected chi connectivity index (χ2v) is 9.33. The molecule has 0 aliphatic carbocycles. The molecular weight excluding hydrogens is 396 g/mol. The van der Waals surface area contributed by atoms with Gasteiger partial charge in [0.2, 0.25) is 0 Å². The highest BCUT2D eigenvalue weighted by molar-refractivity contribution is 5.93. The quantitative estimate of drug-likeness (QED) is 0.527. The smallest absolute Gasteiger partial charge is 0.155 e. The summed E-state index contributed by atoms with van der Waals surface area (Å²) in [6.45, 7) is 11.2. The Morgan fingerprint density at radius 3 is 2.66 bits per heavy atom. The van der Waals surface area contributed by atoms with Gasteiger partial charge in [-0.3, -0.25) is 0 Å². The number of aliphatic hydroxyl groups excluding tert-OH is 1. The molecule has 1 saturated heterocycles. The molecular formula is C27H36N4O. The van der Waals surface area contributed by atoms with Crippen molar-refractivity contribution < 1.29 is 5.11 Å². The summed E-state index contributed by atoms with van der Waals surface area (Å²) < 4.78 is 1.82. The molecule has 3 heterocycles. The lowest BCUT2D eigenvalue weighted by molar-refractivity contribution is 0.281. The molecule has 3 aromatic rings. The van der Waals surface area contributed by atoms with Crippen molar-refractivity contribution in [1.82, 2.24) is 19.9 Å². The van der Waals surface area contributed by atoms with Crippen LogP contribution in [0.25, 0.3) is 16.8 Å². The number of aromatic nitrogens is 3. The van der Waals surface area contributed by atoms with Crippen LogP contribution in [0.1, 0.15) is 80.2 Å². The van der Waals surface area contributed by atoms with Crippen molar-refractivity contribution in [2.75, 3.05) is 13.1 Å². The van der Waals surface area contributed by atoms with E-state index in [2.05, 4.69) is 61.3 Å². The third-order valence-electron chi connectivity index (χ3n) is 6.76. The first-order valence-electron chi connectivity index (χ1n) is 12.0. The molecule has 170 valence electrons. The number of fused-ring (bicyclic) bond motifs is 1. The highest BCUT2D eigenvalue weighted by atomic mass is 16.3. The summed E-state index contributed by atoms with van der Waals surface area (Å²) in [6, 6.07) is 9.04. The molecule has 5 nitrogen and oxygen atoms in total. The highest BCUT2D eigenvalue weighted by Crippen LogP contribution is 2.39. The fraction of sp³-hybridized carbons (Fsp3) is 0.481. The molecule has 2 aromatic heterocycles. The summed E-state index contributed by atoms with van der Waals surface area (Å²) in [6.07, 6.45) is 8.01. The van der Waals surface area contributed by atoms with Gasteiger partial charge in [0.1, 0.15) is 6.33 Å². The van der Waals surface area contributed by atoms with Crippen molar-refractivity contribution in [3.05, 3.63) is 64.6 Å². The van der Waals surface area contributed by atoms with Gasteiger partial charge < -0.3 is 10.4 Å². The number of piperidine rings is 1. The average molecular weight is 433 g/mol. The van der Waals surface area contributed by atoms with Crippen LogP contribution in [0, 0.1) is 12.8 Å². The summed E-state index contributed by atoms with van der Waals surface area (Å²) in [7, 11) is 0. The fourth-order valence-corrected chi connectivity index (χ4v) is 5.13. The molecule has 0 radical (unpaired) electrons. The summed E-state index contributed by atoms with van der Waals surface area (Å²) in [5.74, 6) is 0.981. The van der Waals surface area contributed by atoms with Crippen LogP contribution in [0.3, 0.4) is 0 Å². The molecule has 2 N–H and O–H groups in total. The minimum atomic E-state index is -0.00855. The predicted molar refractivity (Wildman–Crippen MR) is 131 cm³/mol. The molecule has 4 rings (SSSR count). The zero-order chi connectivity index (χ0) is 22.7. The average Bonchev–Trinajstić information content (AvgIpc) is 3.27. The van der Waals surface area contributed by atoms with Gasteiger partial charge in [0, 0.05) is 11.8 Å². The lowest BCUT2D eigenvalue weighted by Crippen LogP contribution is -2.26. The van der Waals surface area contributed by atoms with E-state index in [1.165, 1.54) is 40.7 Å². The van der Waals surface area contributed by atoms with Gasteiger partial charge in [0.05, 0.1) is 6.61 Å². The van der Waals surface area contributed by atoms with E-state index in [0.717, 1.165) is 42.7 Å². The third kappa shape index (κ3) is 4.50. The van der Waals surface area contributed by atoms with Crippen molar-refractivity contribution in [1.29, 1.82) is 0 Å². The van der Waals surface area contributed by atoms with Crippen molar-refractivity contribution in [2.24, 2.45) is 5.92 Å². The van der Waals surface area contributed by atoms with Crippen LogP contribution in [0.15, 0.2) is 36.8 Å². The van der Waals surface area contributed by atoms with Gasteiger partial charge in [-0.1, -0.05) is 45.4 Å². The van der Waals surface area contributed by atoms with Crippen molar-refractivity contribution in [2.45, 2.75) is 65.9 Å². The van der Waals surface area contributed by atoms with Gasteiger partial charge in [-0.05, 0) is 90.6 Å². The molecule has 0 saturated carbocycles. The maximum Gasteiger partial charge on any atom is 0.155 e. The minimum absolute atomic E-state index is 0.00855. The SMILES string of the molecule is CCC/C(=C(\c1cc(C2CCNCC2)ccc1C)C(C)C)c1cn2ncnc2cc1CO. The van der Waals surface area contributed by atoms with Crippen LogP contribution in [0.4, 0.5) is 0 Å². The summed E-state index contributed by atoms with van der Waals surface area (Å²) >= 11 is 0. The van der Waals surface area contributed by atoms with E-state index in [1.54, 1.807) is 6.33 Å². The lowest BCUT2D eigenvalue weighted by Gasteiger charge is -2.26. The topological polar surface area (TPSA) is 62.5 Å². The first-order chi connectivity index (χ1) is 15.5. The monoisotopic (exact) mass is 432 g/mol. The van der Waals surface area contributed by atoms with E-state index >= 15 is 0 Å². The molecule has 0 bridgehead atoms. The van der Waals surface area contributed by atoms with Gasteiger partial charge in [0.15, 0.2) is 5.65 Å². The minimum Gasteiger partial charge on any atom is -0.392 e. The van der Waals surface area contributed by atoms with Gasteiger partial charge in [0.25, 0.3) is 0 Å². The Bertz CT molecular complexity index is 1110. The molecule has 1 aromatic carbocycles. The number of aryl methyl sites for hydroxylation is 1. The van der Waals surface area contributed by atoms with Gasteiger partial charge in [-0.2, -0.15) is 5.10 Å². The van der Waals surface area contributed by atoms with Crippen LogP contribution in [-0.2, 0) is 6.61 Å². The van der Waals surface area contributed by atoms with Gasteiger partial charge >= 0.3 is 0 Å². The molecule has 1 aliphatic heterocycles. The molecule has 1 aliphatic rings. The fourth-order valence-electron chi connectivity index (χ4n) is 5.13. The Hall–Kier alpha value is -2.50. The second-order valence-electron chi connectivity index (χ2n) is 9.33. The number of rotatable bonds is 7. The standard InChI is InChI=1S/C27H36N4O/c1-5-6-23(25-15-31-26(29-17-30-31)14-22(25)16-32)27(18(2)3)24-13-21(8-7-19(24)4)20-9-11-28-12-10-20/h7-8,13-15,17-18,20,28,32H,5-6,9-12,16H2,1-4H3/b27-23+. The zero-order valence-corrected chi connectivity index (χ0v) is 19.9. The number of aliphatic hydroxyl groups is 1. The molecule has 32 heavy (non-hydrogen) atoms. The third-order valence-corrected chi connectivity index (χ3v) is 6.76. The molecule has 1 fully saturated rings. The Balaban J connectivity index is 1.93. The van der Waals surface area contributed by atoms with Gasteiger partial charge in [-0.25, -0.2) is 9.50 Å². The van der Waals surface area contributed by atoms with E-state index in [-0.39, 0.29) is 6.61 Å². The van der Waals surface area contributed by atoms with E-state index in [9.17, 15) is 5.11 Å². The number of allylic oxidation sites excluding steroid dienone is 2. The second kappa shape index (κ2) is 9.97. The van der Waals surface area contributed by atoms with E-state index in [4.69, 9.17) is 0 Å². The number of nitrogens with one attached hydrogen (secondary N) is 1. The summed E-state index contributed by atoms with van der Waals surface area (Å²) in [4.78, 5) is 4.31. The van der Waals surface area contributed by atoms with Crippen LogP contribution in [0.5, 0.6) is 0 Å². The molecule has 0 spiro atoms. The molecule has 0 unspecified atom stereocenters. The maximum absolute atomic E-state index is 10.2. The highest BCUT2D eigenvalue weighted by Gasteiger charge is 2.22. The molecule has 0 amide bonds. The van der Waals surface area contributed by atoms with Crippen molar-refractivity contribution in [3.63, 3.8) is 0 Å². The van der Waals surface area contributed by atoms with Crippen LogP contribution in [0.2, 0.25) is 0 Å². The first kappa shape index (κ1) is 22.7. The Kier molecular flexibility index (Phi) is 7.07.